The number of methoxy groups -OCH3 is 2. The second-order valence-corrected chi connectivity index (χ2v) is 21.4. The summed E-state index contributed by atoms with van der Waals surface area (Å²) < 4.78 is 35.5. The molecular formula is C49H65ClN4O16S. The monoisotopic (exact) mass is 1030 g/mol. The fraction of sp³-hybridized carbons (Fsp3) is 0.653. The lowest BCUT2D eigenvalue weighted by Crippen LogP contribution is -2.72. The van der Waals surface area contributed by atoms with E-state index in [1.165, 1.54) is 35.8 Å². The van der Waals surface area contributed by atoms with Gasteiger partial charge in [0, 0.05) is 59.4 Å². The zero-order chi connectivity index (χ0) is 51.4. The number of imide groups is 2. The topological polar surface area (TPSA) is 246 Å². The number of carbonyl (C=O) groups excluding carboxylic acids is 7. The summed E-state index contributed by atoms with van der Waals surface area (Å²) in [5.41, 5.74) is -2.13. The van der Waals surface area contributed by atoms with Gasteiger partial charge in [0.15, 0.2) is 12.0 Å². The highest BCUT2D eigenvalue weighted by Crippen LogP contribution is 2.51. The van der Waals surface area contributed by atoms with Crippen LogP contribution < -0.4 is 15.0 Å². The number of hydrogen-bond donors (Lipinski definition) is 3. The molecule has 0 aromatic heterocycles. The number of alkyl carbamates (subject to hydrolysis) is 1. The first-order chi connectivity index (χ1) is 33.6. The van der Waals surface area contributed by atoms with Gasteiger partial charge in [-0.05, 0) is 88.7 Å². The van der Waals surface area contributed by atoms with E-state index in [9.17, 15) is 43.8 Å². The van der Waals surface area contributed by atoms with Crippen molar-refractivity contribution in [2.24, 2.45) is 11.8 Å². The van der Waals surface area contributed by atoms with Crippen molar-refractivity contribution < 1.29 is 77.0 Å². The minimum Gasteiger partial charge on any atom is -0.495 e. The summed E-state index contributed by atoms with van der Waals surface area (Å²) in [7, 11) is 4.48. The fourth-order valence-corrected chi connectivity index (χ4v) is 11.8. The normalized spacial score (nSPS) is 33.3. The van der Waals surface area contributed by atoms with Crippen molar-refractivity contribution in [3.63, 3.8) is 0 Å². The van der Waals surface area contributed by atoms with Crippen molar-refractivity contribution >= 4 is 70.6 Å². The number of likely N-dealkylation sites (tertiary alicyclic amines) is 1. The van der Waals surface area contributed by atoms with Crippen LogP contribution in [-0.4, -0.2) is 155 Å². The molecule has 390 valence electrons. The van der Waals surface area contributed by atoms with Gasteiger partial charge in [0.1, 0.15) is 28.6 Å². The number of ether oxygens (including phenoxy) is 6. The van der Waals surface area contributed by atoms with Gasteiger partial charge < -0.3 is 48.4 Å². The third-order valence-electron chi connectivity index (χ3n) is 14.2. The highest BCUT2D eigenvalue weighted by molar-refractivity contribution is 8.00. The molecule has 3 N–H and O–H groups in total. The van der Waals surface area contributed by atoms with E-state index >= 15 is 0 Å². The minimum absolute atomic E-state index is 0.00667. The number of allylic oxidation sites excluding steroid dienone is 3. The SMILES string of the molecule is COc1cc2cc(c1Cl)N(C)C(=O)C[C@H](OC(O)COCCCSC1CC(=O)N(C[C@H]3CC[C@H](C(=O)ON4C(=O)CCC4=O)CC3)C1=O)[C@@]1(C)CC(C)(O1)C1C[C@@](O)(NC(=O)O1)[C@H](OC)/C=C/C=C(\C)C2. The average Bonchev–Trinajstić information content (AvgIpc) is 3.77. The standard InChI is InChI=1S/C49H65ClN4O16S/c1-28-9-7-10-35(65-6)49(63)24-37(68-46(62)51-49)48(3)27-47(2,70-48)36(23-40(57)52(4)32-20-30(19-28)21-33(64-5)43(32)50)67-42(59)26-66-17-8-18-71-34-22-41(58)53(44(34)60)25-29-11-13-31(14-12-29)45(61)69-54-38(55)15-16-39(54)56/h7,9-10,20-21,29,31,34-37,42,59,63H,8,11-19,22-27H2,1-6H3,(H,51,62)/b10-7+,28-9+/t29-,31-,34?,35-,36+,37?,42?,47-,48?,49+/m1/s1. The molecule has 20 nitrogen and oxygen atoms in total. The number of rotatable bonds is 15. The van der Waals surface area contributed by atoms with Gasteiger partial charge >= 0.3 is 12.1 Å². The Morgan fingerprint density at radius 1 is 1.00 bits per heavy atom. The molecule has 1 aromatic rings. The van der Waals surface area contributed by atoms with Gasteiger partial charge in [-0.25, -0.2) is 9.59 Å². The van der Waals surface area contributed by atoms with Crippen molar-refractivity contribution in [2.45, 2.75) is 145 Å². The second kappa shape index (κ2) is 22.7. The molecular weight excluding hydrogens is 968 g/mol. The molecule has 1 aliphatic carbocycles. The summed E-state index contributed by atoms with van der Waals surface area (Å²) in [6.45, 7) is 5.54. The molecule has 71 heavy (non-hydrogen) atoms. The first-order valence-corrected chi connectivity index (χ1v) is 25.4. The number of anilines is 1. The van der Waals surface area contributed by atoms with E-state index in [0.29, 0.717) is 60.8 Å². The lowest BCUT2D eigenvalue weighted by atomic mass is 9.72. The summed E-state index contributed by atoms with van der Waals surface area (Å²) in [6, 6.07) is 3.58. The number of benzene rings is 1. The Morgan fingerprint density at radius 2 is 1.70 bits per heavy atom. The van der Waals surface area contributed by atoms with Crippen LogP contribution in [0.15, 0.2) is 35.9 Å². The number of halogens is 1. The maximum Gasteiger partial charge on any atom is 0.409 e. The smallest absolute Gasteiger partial charge is 0.409 e. The van der Waals surface area contributed by atoms with E-state index in [-0.39, 0.29) is 81.0 Å². The maximum atomic E-state index is 14.2. The molecule has 8 rings (SSSR count). The Labute approximate surface area is 421 Å². The molecule has 7 aliphatic rings. The van der Waals surface area contributed by atoms with Gasteiger partial charge in [0.2, 0.25) is 17.7 Å². The van der Waals surface area contributed by atoms with Gasteiger partial charge in [-0.15, -0.1) is 16.8 Å². The van der Waals surface area contributed by atoms with E-state index in [4.69, 9.17) is 44.9 Å². The van der Waals surface area contributed by atoms with Crippen LogP contribution in [0.4, 0.5) is 10.5 Å². The molecule has 8 atom stereocenters. The first kappa shape index (κ1) is 54.2. The summed E-state index contributed by atoms with van der Waals surface area (Å²) in [4.78, 5) is 97.6. The quantitative estimate of drug-likeness (QED) is 0.126. The molecule has 0 spiro atoms. The number of nitrogens with zero attached hydrogens (tertiary/aromatic N) is 3. The van der Waals surface area contributed by atoms with Crippen LogP contribution in [0.5, 0.6) is 5.75 Å². The maximum absolute atomic E-state index is 14.2. The van der Waals surface area contributed by atoms with Crippen LogP contribution >= 0.6 is 23.4 Å². The third-order valence-corrected chi connectivity index (χ3v) is 15.9. The molecule has 4 saturated heterocycles. The molecule has 4 unspecified atom stereocenters. The number of amides is 6. The summed E-state index contributed by atoms with van der Waals surface area (Å²) in [5.74, 6) is -2.25. The number of aliphatic hydroxyl groups is 2. The van der Waals surface area contributed by atoms with E-state index in [1.54, 1.807) is 45.2 Å². The molecule has 5 fully saturated rings. The van der Waals surface area contributed by atoms with E-state index < -0.39 is 82.5 Å². The number of aliphatic hydroxyl groups excluding tert-OH is 1. The Hall–Kier alpha value is -4.61. The largest absolute Gasteiger partial charge is 0.495 e. The Kier molecular flexibility index (Phi) is 17.3. The zero-order valence-corrected chi connectivity index (χ0v) is 42.6. The lowest BCUT2D eigenvalue weighted by Gasteiger charge is -2.59. The van der Waals surface area contributed by atoms with Gasteiger partial charge in [-0.2, -0.15) is 0 Å². The number of thioether (sulfide) groups is 1. The summed E-state index contributed by atoms with van der Waals surface area (Å²) in [5, 5.41) is 25.8. The zero-order valence-electron chi connectivity index (χ0n) is 41.0. The van der Waals surface area contributed by atoms with E-state index in [0.717, 1.165) is 11.1 Å². The Bertz CT molecular complexity index is 2270. The van der Waals surface area contributed by atoms with Crippen LogP contribution in [-0.2, 0) is 63.7 Å². The van der Waals surface area contributed by atoms with Crippen LogP contribution in [0.25, 0.3) is 0 Å². The lowest BCUT2D eigenvalue weighted by molar-refractivity contribution is -0.344. The Morgan fingerprint density at radius 3 is 2.38 bits per heavy atom. The minimum atomic E-state index is -1.87. The predicted octanol–water partition coefficient (Wildman–Crippen LogP) is 4.28. The molecule has 6 heterocycles. The molecule has 22 heteroatoms. The number of carbonyl (C=O) groups is 7. The first-order valence-electron chi connectivity index (χ1n) is 24.0. The number of hydroxylamine groups is 2. The van der Waals surface area contributed by atoms with Crippen LogP contribution in [0.1, 0.15) is 97.0 Å². The van der Waals surface area contributed by atoms with Gasteiger partial charge in [0.25, 0.3) is 11.8 Å². The summed E-state index contributed by atoms with van der Waals surface area (Å²) in [6.07, 6.45) is 2.73. The van der Waals surface area contributed by atoms with Crippen molar-refractivity contribution in [1.82, 2.24) is 15.3 Å². The van der Waals surface area contributed by atoms with Gasteiger partial charge in [-0.3, -0.25) is 34.2 Å². The molecule has 6 amide bonds. The Balaban J connectivity index is 0.934. The molecule has 1 aromatic carbocycles. The van der Waals surface area contributed by atoms with Crippen molar-refractivity contribution in [1.29, 1.82) is 0 Å². The van der Waals surface area contributed by atoms with Gasteiger partial charge in [-0.1, -0.05) is 35.4 Å². The summed E-state index contributed by atoms with van der Waals surface area (Å²) >= 11 is 8.15. The third kappa shape index (κ3) is 12.4. The van der Waals surface area contributed by atoms with Crippen LogP contribution in [0.2, 0.25) is 5.02 Å². The van der Waals surface area contributed by atoms with E-state index in [1.807, 2.05) is 13.0 Å². The number of hydrogen-bond acceptors (Lipinski definition) is 17. The molecule has 6 bridgehead atoms. The van der Waals surface area contributed by atoms with Crippen molar-refractivity contribution in [3.8, 4) is 5.75 Å². The predicted molar refractivity (Wildman–Crippen MR) is 255 cm³/mol. The number of nitrogens with one attached hydrogen (secondary N) is 1. The molecule has 1 saturated carbocycles. The van der Waals surface area contributed by atoms with Crippen LogP contribution in [0.3, 0.4) is 0 Å². The fourth-order valence-electron chi connectivity index (χ4n) is 10.4. The molecule has 6 aliphatic heterocycles. The average molecular weight is 1030 g/mol. The highest BCUT2D eigenvalue weighted by atomic mass is 35.5. The number of fused-ring (bicyclic) bond motifs is 6. The van der Waals surface area contributed by atoms with Crippen molar-refractivity contribution in [2.75, 3.05) is 51.7 Å². The van der Waals surface area contributed by atoms with Crippen LogP contribution in [0, 0.1) is 11.8 Å². The molecule has 0 radical (unpaired) electrons. The van der Waals surface area contributed by atoms with Gasteiger partial charge in [0.05, 0.1) is 48.7 Å². The second-order valence-electron chi connectivity index (χ2n) is 19.7. The highest BCUT2D eigenvalue weighted by Gasteiger charge is 2.63. The van der Waals surface area contributed by atoms with E-state index in [2.05, 4.69) is 5.32 Å². The van der Waals surface area contributed by atoms with Crippen molar-refractivity contribution in [3.05, 3.63) is 46.5 Å².